The summed E-state index contributed by atoms with van der Waals surface area (Å²) in [6.07, 6.45) is -2.69. The van der Waals surface area contributed by atoms with E-state index < -0.39 is 11.7 Å². The summed E-state index contributed by atoms with van der Waals surface area (Å²) >= 11 is 0. The smallest absolute Gasteiger partial charge is 0.309 e. The fraction of sp³-hybridized carbons (Fsp3) is 0.571. The lowest BCUT2D eigenvalue weighted by molar-refractivity contribution is -0.0942. The highest BCUT2D eigenvalue weighted by Crippen LogP contribution is 2.31. The van der Waals surface area contributed by atoms with E-state index in [1.807, 2.05) is 0 Å². The zero-order valence-corrected chi connectivity index (χ0v) is 5.83. The molecule has 0 radical (unpaired) electrons. The topological polar surface area (TPSA) is 23.9 Å². The molecule has 4 heteroatoms. The molecule has 62 valence electrons. The molecule has 1 rings (SSSR count). The molecule has 0 amide bonds. The average molecular weight is 163 g/mol. The number of hydrogen-bond donors (Lipinski definition) is 1. The Bertz CT molecular complexity index is 202. The van der Waals surface area contributed by atoms with Crippen LogP contribution in [0, 0.1) is 5.41 Å². The summed E-state index contributed by atoms with van der Waals surface area (Å²) in [6, 6.07) is 0. The van der Waals surface area contributed by atoms with Crippen molar-refractivity contribution in [1.29, 1.82) is 5.41 Å². The lowest BCUT2D eigenvalue weighted by Gasteiger charge is -2.15. The van der Waals surface area contributed by atoms with Gasteiger partial charge in [0.15, 0.2) is 0 Å². The van der Waals surface area contributed by atoms with Gasteiger partial charge in [-0.25, -0.2) is 0 Å². The molecule has 0 fully saturated rings. The summed E-state index contributed by atoms with van der Waals surface area (Å²) in [4.78, 5) is 0. The van der Waals surface area contributed by atoms with Crippen LogP contribution in [0.1, 0.15) is 19.3 Å². The third kappa shape index (κ3) is 2.06. The van der Waals surface area contributed by atoms with Gasteiger partial charge in [-0.1, -0.05) is 6.08 Å². The lowest BCUT2D eigenvalue weighted by Crippen LogP contribution is -2.16. The Morgan fingerprint density at radius 2 is 1.91 bits per heavy atom. The molecule has 0 aromatic heterocycles. The standard InChI is InChI=1S/C7H8F3N/c8-7(9,10)5-1-3-6(11)4-2-5/h1,11H,2-4H2. The Kier molecular flexibility index (Phi) is 2.02. The van der Waals surface area contributed by atoms with Gasteiger partial charge in [-0.15, -0.1) is 0 Å². The summed E-state index contributed by atoms with van der Waals surface area (Å²) in [5.74, 6) is 0. The monoisotopic (exact) mass is 163 g/mol. The molecule has 0 atom stereocenters. The van der Waals surface area contributed by atoms with E-state index in [0.717, 1.165) is 6.08 Å². The molecule has 0 aromatic rings. The Labute approximate surface area is 62.4 Å². The van der Waals surface area contributed by atoms with Crippen molar-refractivity contribution < 1.29 is 13.2 Å². The number of nitrogens with one attached hydrogen (secondary N) is 1. The SMILES string of the molecule is N=C1CC=C(C(F)(F)F)CC1. The first-order valence-electron chi connectivity index (χ1n) is 3.32. The Morgan fingerprint density at radius 3 is 2.27 bits per heavy atom. The van der Waals surface area contributed by atoms with Crippen LogP contribution >= 0.6 is 0 Å². The lowest BCUT2D eigenvalue weighted by atomic mass is 9.98. The minimum atomic E-state index is -4.18. The summed E-state index contributed by atoms with van der Waals surface area (Å²) in [6.45, 7) is 0. The summed E-state index contributed by atoms with van der Waals surface area (Å²) in [7, 11) is 0. The maximum absolute atomic E-state index is 11.9. The molecule has 1 N–H and O–H groups in total. The Balaban J connectivity index is 2.69. The van der Waals surface area contributed by atoms with Crippen LogP contribution in [0.4, 0.5) is 13.2 Å². The van der Waals surface area contributed by atoms with Gasteiger partial charge in [0.05, 0.1) is 0 Å². The first-order valence-corrected chi connectivity index (χ1v) is 3.32. The number of rotatable bonds is 0. The molecule has 0 aliphatic heterocycles. The van der Waals surface area contributed by atoms with Gasteiger partial charge < -0.3 is 5.41 Å². The van der Waals surface area contributed by atoms with Gasteiger partial charge in [-0.3, -0.25) is 0 Å². The third-order valence-corrected chi connectivity index (χ3v) is 1.66. The molecule has 11 heavy (non-hydrogen) atoms. The van der Waals surface area contributed by atoms with Crippen LogP contribution in [0.15, 0.2) is 11.6 Å². The minimum absolute atomic E-state index is 0.0255. The van der Waals surface area contributed by atoms with Crippen LogP contribution in [0.25, 0.3) is 0 Å². The van der Waals surface area contributed by atoms with Gasteiger partial charge in [-0.05, 0) is 12.8 Å². The van der Waals surface area contributed by atoms with Crippen LogP contribution in [0.5, 0.6) is 0 Å². The van der Waals surface area contributed by atoms with Gasteiger partial charge >= 0.3 is 6.18 Å². The number of alkyl halides is 3. The molecular formula is C7H8F3N. The van der Waals surface area contributed by atoms with Crippen molar-refractivity contribution in [2.24, 2.45) is 0 Å². The Hall–Kier alpha value is -0.800. The van der Waals surface area contributed by atoms with Crippen LogP contribution in [-0.2, 0) is 0 Å². The second-order valence-electron chi connectivity index (χ2n) is 2.53. The van der Waals surface area contributed by atoms with Crippen molar-refractivity contribution in [1.82, 2.24) is 0 Å². The largest absolute Gasteiger partial charge is 0.412 e. The molecule has 0 saturated carbocycles. The van der Waals surface area contributed by atoms with Crippen molar-refractivity contribution >= 4 is 5.71 Å². The van der Waals surface area contributed by atoms with E-state index >= 15 is 0 Å². The second-order valence-corrected chi connectivity index (χ2v) is 2.53. The Morgan fingerprint density at radius 1 is 1.27 bits per heavy atom. The van der Waals surface area contributed by atoms with Crippen molar-refractivity contribution in [2.75, 3.05) is 0 Å². The third-order valence-electron chi connectivity index (χ3n) is 1.66. The highest BCUT2D eigenvalue weighted by Gasteiger charge is 2.34. The highest BCUT2D eigenvalue weighted by molar-refractivity contribution is 5.84. The maximum atomic E-state index is 11.9. The van der Waals surface area contributed by atoms with Gasteiger partial charge in [0, 0.05) is 17.7 Å². The summed E-state index contributed by atoms with van der Waals surface area (Å²) in [5, 5.41) is 7.07. The predicted molar refractivity (Wildman–Crippen MR) is 35.7 cm³/mol. The van der Waals surface area contributed by atoms with E-state index in [-0.39, 0.29) is 19.3 Å². The van der Waals surface area contributed by atoms with Crippen LogP contribution in [0.3, 0.4) is 0 Å². The molecule has 0 saturated heterocycles. The van der Waals surface area contributed by atoms with Crippen LogP contribution < -0.4 is 0 Å². The first kappa shape index (κ1) is 8.30. The van der Waals surface area contributed by atoms with E-state index in [9.17, 15) is 13.2 Å². The second kappa shape index (κ2) is 2.68. The summed E-state index contributed by atoms with van der Waals surface area (Å²) in [5.41, 5.74) is -0.0912. The summed E-state index contributed by atoms with van der Waals surface area (Å²) < 4.78 is 35.8. The van der Waals surface area contributed by atoms with E-state index in [4.69, 9.17) is 5.41 Å². The van der Waals surface area contributed by atoms with Crippen molar-refractivity contribution in [3.05, 3.63) is 11.6 Å². The quantitative estimate of drug-likeness (QED) is 0.531. The molecule has 0 aromatic carbocycles. The maximum Gasteiger partial charge on any atom is 0.412 e. The number of allylic oxidation sites excluding steroid dienone is 2. The molecular weight excluding hydrogens is 155 g/mol. The van der Waals surface area contributed by atoms with Crippen molar-refractivity contribution in [3.8, 4) is 0 Å². The zero-order chi connectivity index (χ0) is 8.48. The van der Waals surface area contributed by atoms with Gasteiger partial charge in [0.25, 0.3) is 0 Å². The average Bonchev–Trinajstić information content (AvgIpc) is 1.86. The highest BCUT2D eigenvalue weighted by atomic mass is 19.4. The normalized spacial score (nSPS) is 19.9. The van der Waals surface area contributed by atoms with Crippen molar-refractivity contribution in [3.63, 3.8) is 0 Å². The van der Waals surface area contributed by atoms with E-state index in [1.54, 1.807) is 0 Å². The van der Waals surface area contributed by atoms with Gasteiger partial charge in [-0.2, -0.15) is 13.2 Å². The number of hydrogen-bond acceptors (Lipinski definition) is 1. The molecule has 1 aliphatic carbocycles. The fourth-order valence-corrected chi connectivity index (χ4v) is 0.994. The van der Waals surface area contributed by atoms with Crippen molar-refractivity contribution in [2.45, 2.75) is 25.4 Å². The molecule has 0 heterocycles. The first-order chi connectivity index (χ1) is 5.00. The molecule has 0 bridgehead atoms. The fourth-order valence-electron chi connectivity index (χ4n) is 0.994. The molecule has 1 nitrogen and oxygen atoms in total. The minimum Gasteiger partial charge on any atom is -0.309 e. The molecule has 0 unspecified atom stereocenters. The van der Waals surface area contributed by atoms with E-state index in [2.05, 4.69) is 0 Å². The van der Waals surface area contributed by atoms with Gasteiger partial charge in [0.1, 0.15) is 0 Å². The van der Waals surface area contributed by atoms with Crippen LogP contribution in [0.2, 0.25) is 0 Å². The zero-order valence-electron chi connectivity index (χ0n) is 5.83. The predicted octanol–water partition coefficient (Wildman–Crippen LogP) is 2.68. The van der Waals surface area contributed by atoms with E-state index in [0.29, 0.717) is 5.71 Å². The van der Waals surface area contributed by atoms with Crippen LogP contribution in [-0.4, -0.2) is 11.9 Å². The van der Waals surface area contributed by atoms with E-state index in [1.165, 1.54) is 0 Å². The molecule has 1 aliphatic rings. The number of halogens is 3. The molecule has 0 spiro atoms. The van der Waals surface area contributed by atoms with Gasteiger partial charge in [0.2, 0.25) is 0 Å².